The van der Waals surface area contributed by atoms with Crippen molar-refractivity contribution in [2.24, 2.45) is 5.92 Å². The number of fused-ring (bicyclic) bond motifs is 1. The Morgan fingerprint density at radius 3 is 2.28 bits per heavy atom. The van der Waals surface area contributed by atoms with Gasteiger partial charge in [0, 0.05) is 87.5 Å². The molecule has 3 aromatic carbocycles. The number of amides is 6. The summed E-state index contributed by atoms with van der Waals surface area (Å²) in [5.74, 6) is -1.08. The third kappa shape index (κ3) is 9.81. The molecule has 3 saturated heterocycles. The Balaban J connectivity index is 0.643. The molecule has 0 radical (unpaired) electrons. The SMILES string of the molecule is O=C1CC[C@H](N2C(=O)C=C(Nc3cccc(CC(=O)N4CCC(CN5CCN(c6ccc(Nc7ncnc8c7ncn8C7CC(NC(=O)Cc8ccccc8)C7)cc6)CC5)CC4)c3)C2=O)C(=O)N1. The summed E-state index contributed by atoms with van der Waals surface area (Å²) in [5, 5.41) is 11.8. The second-order valence-corrected chi connectivity index (χ2v) is 18.4. The average molecular weight is 919 g/mol. The van der Waals surface area contributed by atoms with Crippen LogP contribution in [0.15, 0.2) is 103 Å². The molecule has 68 heavy (non-hydrogen) atoms. The quantitative estimate of drug-likeness (QED) is 0.117. The van der Waals surface area contributed by atoms with Crippen molar-refractivity contribution in [3.63, 3.8) is 0 Å². The number of aromatic nitrogens is 4. The highest BCUT2D eigenvalue weighted by Gasteiger charge is 2.42. The van der Waals surface area contributed by atoms with Gasteiger partial charge in [0.15, 0.2) is 17.0 Å². The van der Waals surface area contributed by atoms with Crippen molar-refractivity contribution < 1.29 is 28.8 Å². The van der Waals surface area contributed by atoms with Gasteiger partial charge in [-0.1, -0.05) is 42.5 Å². The molecule has 6 heterocycles. The summed E-state index contributed by atoms with van der Waals surface area (Å²) in [7, 11) is 0. The van der Waals surface area contributed by atoms with E-state index in [2.05, 4.69) is 74.9 Å². The molecule has 1 atom stereocenters. The Bertz CT molecular complexity index is 2760. The summed E-state index contributed by atoms with van der Waals surface area (Å²) in [6.07, 6.45) is 8.83. The Morgan fingerprint density at radius 1 is 0.750 bits per heavy atom. The maximum Gasteiger partial charge on any atom is 0.278 e. The number of piperazine rings is 1. The molecule has 4 N–H and O–H groups in total. The minimum absolute atomic E-state index is 0.0318. The van der Waals surface area contributed by atoms with Crippen LogP contribution in [0.4, 0.5) is 22.9 Å². The maximum absolute atomic E-state index is 13.4. The first-order valence-electron chi connectivity index (χ1n) is 23.5. The summed E-state index contributed by atoms with van der Waals surface area (Å²) < 4.78 is 2.09. The van der Waals surface area contributed by atoms with Crippen molar-refractivity contribution in [3.05, 3.63) is 114 Å². The summed E-state index contributed by atoms with van der Waals surface area (Å²) in [4.78, 5) is 97.3. The zero-order valence-corrected chi connectivity index (χ0v) is 37.7. The molecule has 6 amide bonds. The number of likely N-dealkylation sites (tertiary alicyclic amines) is 1. The van der Waals surface area contributed by atoms with E-state index in [1.807, 2.05) is 47.6 Å². The van der Waals surface area contributed by atoms with E-state index in [-0.39, 0.29) is 48.9 Å². The minimum atomic E-state index is -1.03. The molecule has 1 aliphatic carbocycles. The molecule has 0 unspecified atom stereocenters. The average Bonchev–Trinajstić information content (AvgIpc) is 3.88. The van der Waals surface area contributed by atoms with Gasteiger partial charge in [0.25, 0.3) is 11.8 Å². The first-order chi connectivity index (χ1) is 33.1. The molecular formula is C50H54N12O6. The van der Waals surface area contributed by atoms with Crippen LogP contribution in [-0.4, -0.2) is 128 Å². The van der Waals surface area contributed by atoms with E-state index in [1.54, 1.807) is 24.5 Å². The number of carbonyl (C=O) groups excluding carboxylic acids is 6. The fraction of sp³-hybridized carbons (Fsp3) is 0.380. The third-order valence-electron chi connectivity index (χ3n) is 13.8. The Labute approximate surface area is 393 Å². The number of piperidine rings is 2. The molecule has 2 aromatic heterocycles. The molecular weight excluding hydrogens is 865 g/mol. The smallest absolute Gasteiger partial charge is 0.278 e. The normalized spacial score (nSPS) is 21.4. The third-order valence-corrected chi connectivity index (χ3v) is 13.8. The Kier molecular flexibility index (Phi) is 12.7. The fourth-order valence-corrected chi connectivity index (χ4v) is 10.0. The van der Waals surface area contributed by atoms with Crippen molar-refractivity contribution in [1.82, 2.24) is 44.9 Å². The zero-order chi connectivity index (χ0) is 46.7. The fourth-order valence-electron chi connectivity index (χ4n) is 10.0. The van der Waals surface area contributed by atoms with Crippen molar-refractivity contribution in [1.29, 1.82) is 0 Å². The lowest BCUT2D eigenvalue weighted by Crippen LogP contribution is -2.54. The lowest BCUT2D eigenvalue weighted by Gasteiger charge is -2.39. The molecule has 350 valence electrons. The van der Waals surface area contributed by atoms with Crippen molar-refractivity contribution in [2.45, 2.75) is 69.5 Å². The molecule has 5 aliphatic rings. The highest BCUT2D eigenvalue weighted by Crippen LogP contribution is 2.35. The lowest BCUT2D eigenvalue weighted by atomic mass is 9.86. The first-order valence-corrected chi connectivity index (χ1v) is 23.5. The van der Waals surface area contributed by atoms with Gasteiger partial charge in [-0.25, -0.2) is 15.0 Å². The highest BCUT2D eigenvalue weighted by molar-refractivity contribution is 6.20. The Morgan fingerprint density at radius 2 is 1.51 bits per heavy atom. The van der Waals surface area contributed by atoms with Crippen LogP contribution in [0.3, 0.4) is 0 Å². The summed E-state index contributed by atoms with van der Waals surface area (Å²) >= 11 is 0. The van der Waals surface area contributed by atoms with E-state index >= 15 is 0 Å². The molecule has 10 rings (SSSR count). The molecule has 18 nitrogen and oxygen atoms in total. The molecule has 4 aliphatic heterocycles. The number of carbonyl (C=O) groups is 6. The van der Waals surface area contributed by atoms with E-state index < -0.39 is 29.7 Å². The summed E-state index contributed by atoms with van der Waals surface area (Å²) in [5.41, 5.74) is 5.93. The van der Waals surface area contributed by atoms with Gasteiger partial charge in [0.1, 0.15) is 18.1 Å². The number of imide groups is 2. The molecule has 0 spiro atoms. The number of hydrogen-bond acceptors (Lipinski definition) is 13. The van der Waals surface area contributed by atoms with Crippen LogP contribution >= 0.6 is 0 Å². The second kappa shape index (κ2) is 19.4. The molecule has 0 bridgehead atoms. The lowest BCUT2D eigenvalue weighted by molar-refractivity contribution is -0.149. The van der Waals surface area contributed by atoms with Crippen LogP contribution in [0.1, 0.15) is 55.7 Å². The predicted molar refractivity (Wildman–Crippen MR) is 253 cm³/mol. The van der Waals surface area contributed by atoms with Crippen LogP contribution < -0.4 is 26.2 Å². The number of benzene rings is 3. The van der Waals surface area contributed by atoms with E-state index in [1.165, 1.54) is 5.69 Å². The first kappa shape index (κ1) is 44.4. The maximum atomic E-state index is 13.4. The predicted octanol–water partition coefficient (Wildman–Crippen LogP) is 3.71. The molecule has 18 heteroatoms. The zero-order valence-electron chi connectivity index (χ0n) is 37.7. The van der Waals surface area contributed by atoms with Gasteiger partial charge < -0.3 is 30.3 Å². The van der Waals surface area contributed by atoms with Gasteiger partial charge in [0.05, 0.1) is 19.2 Å². The van der Waals surface area contributed by atoms with Gasteiger partial charge in [0.2, 0.25) is 23.6 Å². The molecule has 5 aromatic rings. The van der Waals surface area contributed by atoms with E-state index in [4.69, 9.17) is 0 Å². The number of anilines is 4. The van der Waals surface area contributed by atoms with Gasteiger partial charge in [-0.2, -0.15) is 0 Å². The van der Waals surface area contributed by atoms with Crippen LogP contribution in [0, 0.1) is 5.92 Å². The number of hydrogen-bond donors (Lipinski definition) is 4. The minimum Gasteiger partial charge on any atom is -0.369 e. The topological polar surface area (TPSA) is 207 Å². The van der Waals surface area contributed by atoms with Gasteiger partial charge in [-0.05, 0) is 85.5 Å². The van der Waals surface area contributed by atoms with Crippen molar-refractivity contribution >= 4 is 69.5 Å². The monoisotopic (exact) mass is 918 g/mol. The summed E-state index contributed by atoms with van der Waals surface area (Å²) in [6.45, 7) is 6.24. The second-order valence-electron chi connectivity index (χ2n) is 18.4. The van der Waals surface area contributed by atoms with Gasteiger partial charge >= 0.3 is 0 Å². The highest BCUT2D eigenvalue weighted by atomic mass is 16.2. The van der Waals surface area contributed by atoms with E-state index in [0.717, 1.165) is 91.8 Å². The van der Waals surface area contributed by atoms with E-state index in [0.29, 0.717) is 42.5 Å². The molecule has 1 saturated carbocycles. The van der Waals surface area contributed by atoms with Crippen molar-refractivity contribution in [2.75, 3.05) is 61.3 Å². The Hall–Kier alpha value is -7.47. The van der Waals surface area contributed by atoms with Gasteiger partial charge in [-0.15, -0.1) is 0 Å². The number of nitrogens with zero attached hydrogens (tertiary/aromatic N) is 8. The number of nitrogens with one attached hydrogen (secondary N) is 4. The summed E-state index contributed by atoms with van der Waals surface area (Å²) in [6, 6.07) is 24.7. The largest absolute Gasteiger partial charge is 0.369 e. The van der Waals surface area contributed by atoms with Crippen LogP contribution in [0.5, 0.6) is 0 Å². The van der Waals surface area contributed by atoms with Crippen molar-refractivity contribution in [3.8, 4) is 0 Å². The van der Waals surface area contributed by atoms with Crippen LogP contribution in [-0.2, 0) is 41.6 Å². The molecule has 4 fully saturated rings. The van der Waals surface area contributed by atoms with Crippen LogP contribution in [0.25, 0.3) is 11.2 Å². The van der Waals surface area contributed by atoms with E-state index in [9.17, 15) is 28.8 Å². The van der Waals surface area contributed by atoms with Crippen LogP contribution in [0.2, 0.25) is 0 Å². The number of rotatable bonds is 14. The standard InChI is InChI=1S/C50H54N12O6/c63-42-14-13-41(49(67)57-42)62-45(66)28-40(50(62)68)54-36-8-4-7-34(23-36)25-44(65)60-17-15-33(16-18-60)29-58-19-21-59(22-20-58)38-11-9-35(10-12-38)56-47-46-48(52-30-51-47)61(31-53-46)39-26-37(27-39)55-43(64)24-32-5-2-1-3-6-32/h1-12,23,28,30-31,33,37,39,41,54H,13-22,24-27,29H2,(H,55,64)(H,51,52,56)(H,57,63,67)/t37?,39?,41-/m0/s1. The number of imidazole rings is 1. The van der Waals surface area contributed by atoms with Gasteiger partial charge in [-0.3, -0.25) is 43.9 Å².